The van der Waals surface area contributed by atoms with E-state index in [1.807, 2.05) is 67.6 Å². The van der Waals surface area contributed by atoms with Crippen molar-refractivity contribution < 1.29 is 19.1 Å². The fourth-order valence-corrected chi connectivity index (χ4v) is 3.13. The van der Waals surface area contributed by atoms with Gasteiger partial charge in [0.1, 0.15) is 12.2 Å². The highest BCUT2D eigenvalue weighted by Crippen LogP contribution is 2.13. The minimum Gasteiger partial charge on any atom is -0.484 e. The van der Waals surface area contributed by atoms with Gasteiger partial charge in [-0.15, -0.1) is 0 Å². The fraction of sp³-hybridized carbons (Fsp3) is 0.185. The number of nitrogens with one attached hydrogen (secondary N) is 3. The first-order chi connectivity index (χ1) is 17.0. The Morgan fingerprint density at radius 3 is 2.20 bits per heavy atom. The van der Waals surface area contributed by atoms with E-state index >= 15 is 0 Å². The second-order valence-electron chi connectivity index (χ2n) is 7.79. The van der Waals surface area contributed by atoms with Crippen LogP contribution in [0.4, 0.5) is 0 Å². The van der Waals surface area contributed by atoms with Crippen molar-refractivity contribution in [2.75, 3.05) is 6.61 Å². The molecule has 0 unspecified atom stereocenters. The first-order valence-electron chi connectivity index (χ1n) is 11.2. The topological polar surface area (TPSA) is 109 Å². The Kier molecular flexibility index (Phi) is 9.56. The summed E-state index contributed by atoms with van der Waals surface area (Å²) in [5.41, 5.74) is 5.02. The van der Waals surface area contributed by atoms with Crippen molar-refractivity contribution in [3.8, 4) is 5.75 Å². The molecule has 180 valence electrons. The average Bonchev–Trinajstić information content (AvgIpc) is 2.88. The highest BCUT2D eigenvalue weighted by atomic mass is 16.5. The fourth-order valence-electron chi connectivity index (χ4n) is 3.13. The summed E-state index contributed by atoms with van der Waals surface area (Å²) < 4.78 is 5.53. The minimum absolute atomic E-state index is 0.104. The number of carbonyl (C=O) groups is 3. The lowest BCUT2D eigenvalue weighted by atomic mass is 10.1. The quantitative estimate of drug-likeness (QED) is 0.226. The van der Waals surface area contributed by atoms with Gasteiger partial charge in [-0.1, -0.05) is 60.7 Å². The molecule has 3 aromatic rings. The monoisotopic (exact) mass is 472 g/mol. The largest absolute Gasteiger partial charge is 0.484 e. The Morgan fingerprint density at radius 2 is 1.51 bits per heavy atom. The van der Waals surface area contributed by atoms with Crippen LogP contribution in [0, 0.1) is 0 Å². The van der Waals surface area contributed by atoms with Crippen molar-refractivity contribution in [2.24, 2.45) is 5.10 Å². The van der Waals surface area contributed by atoms with Gasteiger partial charge in [0.15, 0.2) is 6.61 Å². The van der Waals surface area contributed by atoms with Gasteiger partial charge in [-0.25, -0.2) is 5.43 Å². The molecule has 0 saturated heterocycles. The van der Waals surface area contributed by atoms with Gasteiger partial charge in [0, 0.05) is 6.54 Å². The van der Waals surface area contributed by atoms with Gasteiger partial charge in [0.2, 0.25) is 11.8 Å². The van der Waals surface area contributed by atoms with E-state index in [-0.39, 0.29) is 30.9 Å². The van der Waals surface area contributed by atoms with Crippen LogP contribution in [0.25, 0.3) is 0 Å². The van der Waals surface area contributed by atoms with Crippen LogP contribution < -0.4 is 20.8 Å². The zero-order valence-electron chi connectivity index (χ0n) is 19.4. The van der Waals surface area contributed by atoms with E-state index in [0.29, 0.717) is 17.9 Å². The van der Waals surface area contributed by atoms with Crippen molar-refractivity contribution in [1.82, 2.24) is 16.1 Å². The Labute approximate surface area is 204 Å². The Hall–Kier alpha value is -4.46. The van der Waals surface area contributed by atoms with Crippen LogP contribution >= 0.6 is 0 Å². The van der Waals surface area contributed by atoms with Crippen molar-refractivity contribution in [1.29, 1.82) is 0 Å². The van der Waals surface area contributed by atoms with Gasteiger partial charge < -0.3 is 15.4 Å². The molecule has 0 aliphatic carbocycles. The lowest BCUT2D eigenvalue weighted by molar-refractivity contribution is -0.129. The summed E-state index contributed by atoms with van der Waals surface area (Å²) in [5, 5.41) is 9.45. The average molecular weight is 473 g/mol. The van der Waals surface area contributed by atoms with Gasteiger partial charge in [-0.05, 0) is 47.9 Å². The lowest BCUT2D eigenvalue weighted by Gasteiger charge is -2.14. The summed E-state index contributed by atoms with van der Waals surface area (Å²) in [6, 6.07) is 25.9. The molecule has 8 nitrogen and oxygen atoms in total. The smallest absolute Gasteiger partial charge is 0.258 e. The molecule has 0 spiro atoms. The van der Waals surface area contributed by atoms with E-state index in [4.69, 9.17) is 4.74 Å². The number of hydrogen-bond acceptors (Lipinski definition) is 5. The van der Waals surface area contributed by atoms with E-state index in [2.05, 4.69) is 21.2 Å². The van der Waals surface area contributed by atoms with E-state index in [1.54, 1.807) is 24.3 Å². The molecule has 0 aliphatic rings. The second kappa shape index (κ2) is 13.3. The van der Waals surface area contributed by atoms with Gasteiger partial charge in [0.05, 0.1) is 12.3 Å². The molecule has 0 aliphatic heterocycles. The maximum Gasteiger partial charge on any atom is 0.258 e. The van der Waals surface area contributed by atoms with Crippen LogP contribution in [0.2, 0.25) is 0 Å². The Bertz CT molecular complexity index is 1130. The molecule has 8 heteroatoms. The third kappa shape index (κ3) is 9.13. The van der Waals surface area contributed by atoms with E-state index in [0.717, 1.165) is 11.1 Å². The highest BCUT2D eigenvalue weighted by Gasteiger charge is 2.10. The number of nitrogens with zero attached hydrogens (tertiary/aromatic N) is 1. The van der Waals surface area contributed by atoms with Gasteiger partial charge in [-0.2, -0.15) is 5.10 Å². The molecule has 0 radical (unpaired) electrons. The lowest BCUT2D eigenvalue weighted by Crippen LogP contribution is -2.31. The van der Waals surface area contributed by atoms with Gasteiger partial charge in [0.25, 0.3) is 5.91 Å². The van der Waals surface area contributed by atoms with Crippen LogP contribution in [0.3, 0.4) is 0 Å². The number of amides is 3. The van der Waals surface area contributed by atoms with E-state index in [9.17, 15) is 14.4 Å². The molecular formula is C27H28N4O4. The predicted molar refractivity (Wildman–Crippen MR) is 134 cm³/mol. The third-order valence-electron chi connectivity index (χ3n) is 4.98. The molecule has 1 atom stereocenters. The maximum absolute atomic E-state index is 12.1. The zero-order chi connectivity index (χ0) is 24.9. The first kappa shape index (κ1) is 25.2. The van der Waals surface area contributed by atoms with Crippen LogP contribution in [0.1, 0.15) is 36.1 Å². The first-order valence-corrected chi connectivity index (χ1v) is 11.2. The summed E-state index contributed by atoms with van der Waals surface area (Å²) in [7, 11) is 0. The number of rotatable bonds is 11. The summed E-state index contributed by atoms with van der Waals surface area (Å²) in [6.07, 6.45) is 1.14. The molecule has 3 N–H and O–H groups in total. The van der Waals surface area contributed by atoms with Crippen LogP contribution in [-0.2, 0) is 20.9 Å². The van der Waals surface area contributed by atoms with Gasteiger partial charge in [-0.3, -0.25) is 14.4 Å². The molecule has 0 bridgehead atoms. The molecule has 3 amide bonds. The maximum atomic E-state index is 12.1. The molecule has 35 heavy (non-hydrogen) atoms. The Balaban J connectivity index is 1.35. The number of ether oxygens (including phenoxy) is 1. The summed E-state index contributed by atoms with van der Waals surface area (Å²) in [5.74, 6) is -0.584. The Morgan fingerprint density at radius 1 is 0.857 bits per heavy atom. The molecule has 0 saturated carbocycles. The number of benzene rings is 3. The summed E-state index contributed by atoms with van der Waals surface area (Å²) >= 11 is 0. The molecule has 0 aromatic heterocycles. The predicted octanol–water partition coefficient (Wildman–Crippen LogP) is 3.10. The number of carbonyl (C=O) groups excluding carboxylic acids is 3. The highest BCUT2D eigenvalue weighted by molar-refractivity contribution is 5.97. The number of hydrogen-bond donors (Lipinski definition) is 3. The van der Waals surface area contributed by atoms with Crippen LogP contribution in [0.5, 0.6) is 5.75 Å². The SMILES string of the molecule is C[C@H](NC(=O)COc1ccc(C=NNC(=O)CC(=O)NCc2ccccc2)cc1)c1ccccc1. The van der Waals surface area contributed by atoms with Crippen LogP contribution in [0.15, 0.2) is 90.0 Å². The molecular weight excluding hydrogens is 444 g/mol. The summed E-state index contributed by atoms with van der Waals surface area (Å²) in [6.45, 7) is 2.17. The van der Waals surface area contributed by atoms with Crippen LogP contribution in [-0.4, -0.2) is 30.5 Å². The normalized spacial score (nSPS) is 11.5. The standard InChI is InChI=1S/C27H28N4O4/c1-20(23-10-6-3-7-11-23)30-27(34)19-35-24-14-12-22(13-15-24)18-29-31-26(33)16-25(32)28-17-21-8-4-2-5-9-21/h2-15,18,20H,16-17,19H2,1H3,(H,28,32)(H,30,34)(H,31,33)/t20-/m0/s1. The molecule has 3 aromatic carbocycles. The third-order valence-corrected chi connectivity index (χ3v) is 4.98. The van der Waals surface area contributed by atoms with E-state index < -0.39 is 5.91 Å². The zero-order valence-corrected chi connectivity index (χ0v) is 19.4. The molecule has 0 heterocycles. The van der Waals surface area contributed by atoms with Gasteiger partial charge >= 0.3 is 0 Å². The van der Waals surface area contributed by atoms with Crippen molar-refractivity contribution >= 4 is 23.9 Å². The van der Waals surface area contributed by atoms with Crippen molar-refractivity contribution in [2.45, 2.75) is 25.9 Å². The van der Waals surface area contributed by atoms with E-state index in [1.165, 1.54) is 6.21 Å². The van der Waals surface area contributed by atoms with Crippen molar-refractivity contribution in [3.05, 3.63) is 102 Å². The summed E-state index contributed by atoms with van der Waals surface area (Å²) in [4.78, 5) is 35.9. The molecule has 0 fully saturated rings. The van der Waals surface area contributed by atoms with Crippen molar-refractivity contribution in [3.63, 3.8) is 0 Å². The second-order valence-corrected chi connectivity index (χ2v) is 7.79. The minimum atomic E-state index is -0.512. The number of hydrazone groups is 1. The molecule has 3 rings (SSSR count).